The maximum Gasteiger partial charge on any atom is 0.490 e. The molecule has 2 aromatic carbocycles. The fourth-order valence-electron chi connectivity index (χ4n) is 3.93. The lowest BCUT2D eigenvalue weighted by atomic mass is 10.1. The molecule has 0 aliphatic carbocycles. The molecule has 0 fully saturated rings. The standard InChI is InChI=1S/C29H27ClF2N6O5.C2HF3O2/c30-23-15-35-26(37-18-29(31,32)25-22(39)11-6-12-33-25)27(41)38(23)16-24(40)34-13-20-9-4-5-10-21(20)14-36-28(42)43-17-19-7-2-1-3-8-19;3-2(4,5)1(6)7/h1-12,15,39H,13-14,16-18H2,(H,34,40)(H,35,37)(H,36,42);(H,6,7). The number of carbonyl (C=O) groups excluding carboxylic acids is 2. The summed E-state index contributed by atoms with van der Waals surface area (Å²) in [7, 11) is 0. The number of aliphatic carboxylic acids is 1. The third-order valence-corrected chi connectivity index (χ3v) is 6.69. The molecule has 0 spiro atoms. The summed E-state index contributed by atoms with van der Waals surface area (Å²) in [5, 5.41) is 24.2. The quantitative estimate of drug-likeness (QED) is 0.130. The van der Waals surface area contributed by atoms with E-state index in [4.69, 9.17) is 26.2 Å². The number of aromatic hydroxyl groups is 1. The van der Waals surface area contributed by atoms with Gasteiger partial charge >= 0.3 is 24.2 Å². The maximum atomic E-state index is 14.6. The number of amides is 2. The predicted molar refractivity (Wildman–Crippen MR) is 167 cm³/mol. The summed E-state index contributed by atoms with van der Waals surface area (Å²) in [5.41, 5.74) is 0.512. The molecule has 4 aromatic rings. The van der Waals surface area contributed by atoms with Gasteiger partial charge in [0, 0.05) is 19.3 Å². The molecule has 0 bridgehead atoms. The van der Waals surface area contributed by atoms with Crippen LogP contribution in [-0.2, 0) is 46.5 Å². The van der Waals surface area contributed by atoms with Crippen LogP contribution >= 0.6 is 11.6 Å². The van der Waals surface area contributed by atoms with Crippen molar-refractivity contribution in [2.45, 2.75) is 38.3 Å². The molecule has 13 nitrogen and oxygen atoms in total. The number of carbonyl (C=O) groups is 3. The van der Waals surface area contributed by atoms with Crippen LogP contribution in [0.4, 0.5) is 32.6 Å². The van der Waals surface area contributed by atoms with E-state index >= 15 is 0 Å². The third kappa shape index (κ3) is 11.7. The molecular weight excluding hydrogens is 699 g/mol. The first-order valence-electron chi connectivity index (χ1n) is 14.2. The van der Waals surface area contributed by atoms with Gasteiger partial charge in [-0.3, -0.25) is 19.1 Å². The molecule has 2 amide bonds. The van der Waals surface area contributed by atoms with Crippen LogP contribution in [0.25, 0.3) is 0 Å². The summed E-state index contributed by atoms with van der Waals surface area (Å²) in [6.07, 6.45) is -3.54. The van der Waals surface area contributed by atoms with Gasteiger partial charge in [0.15, 0.2) is 11.5 Å². The van der Waals surface area contributed by atoms with Crippen LogP contribution < -0.4 is 21.5 Å². The number of hydrogen-bond donors (Lipinski definition) is 5. The second-order valence-electron chi connectivity index (χ2n) is 10.0. The highest BCUT2D eigenvalue weighted by atomic mass is 35.5. The van der Waals surface area contributed by atoms with E-state index < -0.39 is 66.0 Å². The van der Waals surface area contributed by atoms with E-state index in [0.29, 0.717) is 5.56 Å². The van der Waals surface area contributed by atoms with Crippen molar-refractivity contribution in [3.63, 3.8) is 0 Å². The van der Waals surface area contributed by atoms with E-state index in [2.05, 4.69) is 25.9 Å². The zero-order chi connectivity index (χ0) is 36.9. The lowest BCUT2D eigenvalue weighted by Crippen LogP contribution is -2.35. The molecule has 19 heteroatoms. The SMILES string of the molecule is O=C(Cn1c(Cl)cnc(NCC(F)(F)c2ncccc2O)c1=O)NCc1ccccc1CNC(=O)OCc1ccccc1.O=C(O)C(F)(F)F. The molecule has 5 N–H and O–H groups in total. The van der Waals surface area contributed by atoms with E-state index in [1.54, 1.807) is 24.3 Å². The molecule has 0 saturated carbocycles. The molecule has 0 radical (unpaired) electrons. The molecule has 266 valence electrons. The third-order valence-electron chi connectivity index (χ3n) is 6.39. The number of nitrogens with zero attached hydrogens (tertiary/aromatic N) is 3. The number of carboxylic acid groups (broad SMARTS) is 1. The lowest BCUT2D eigenvalue weighted by molar-refractivity contribution is -0.192. The Labute approximate surface area is 284 Å². The van der Waals surface area contributed by atoms with Crippen LogP contribution in [0.15, 0.2) is 83.9 Å². The summed E-state index contributed by atoms with van der Waals surface area (Å²) in [5.74, 6) is -8.15. The van der Waals surface area contributed by atoms with Crippen molar-refractivity contribution in [3.05, 3.63) is 117 Å². The monoisotopic (exact) mass is 726 g/mol. The van der Waals surface area contributed by atoms with Crippen LogP contribution in [0.3, 0.4) is 0 Å². The summed E-state index contributed by atoms with van der Waals surface area (Å²) in [4.78, 5) is 53.9. The molecule has 2 aromatic heterocycles. The smallest absolute Gasteiger partial charge is 0.490 e. The van der Waals surface area contributed by atoms with Gasteiger partial charge in [0.2, 0.25) is 5.91 Å². The summed E-state index contributed by atoms with van der Waals surface area (Å²) in [6.45, 7) is -1.28. The summed E-state index contributed by atoms with van der Waals surface area (Å²) >= 11 is 6.08. The Balaban J connectivity index is 0.000000872. The molecule has 0 atom stereocenters. The normalized spacial score (nSPS) is 11.1. The van der Waals surface area contributed by atoms with Gasteiger partial charge in [0.1, 0.15) is 24.1 Å². The zero-order valence-electron chi connectivity index (χ0n) is 25.6. The molecule has 2 heterocycles. The number of benzene rings is 2. The van der Waals surface area contributed by atoms with Crippen LogP contribution in [0.2, 0.25) is 5.15 Å². The molecule has 0 unspecified atom stereocenters. The van der Waals surface area contributed by atoms with Gasteiger partial charge in [-0.25, -0.2) is 14.6 Å². The highest BCUT2D eigenvalue weighted by molar-refractivity contribution is 6.29. The number of anilines is 1. The molecule has 4 rings (SSSR count). The predicted octanol–water partition coefficient (Wildman–Crippen LogP) is 4.58. The number of aromatic nitrogens is 3. The van der Waals surface area contributed by atoms with Crippen molar-refractivity contribution < 1.29 is 51.3 Å². The van der Waals surface area contributed by atoms with Gasteiger partial charge in [0.25, 0.3) is 5.56 Å². The topological polar surface area (TPSA) is 185 Å². The highest BCUT2D eigenvalue weighted by Gasteiger charge is 2.38. The molecule has 0 aliphatic rings. The Bertz CT molecular complexity index is 1840. The van der Waals surface area contributed by atoms with Gasteiger partial charge in [-0.15, -0.1) is 0 Å². The number of halogens is 6. The van der Waals surface area contributed by atoms with Crippen molar-refractivity contribution >= 4 is 35.4 Å². The number of pyridine rings is 1. The minimum atomic E-state index is -5.08. The Morgan fingerprint density at radius 3 is 2.08 bits per heavy atom. The van der Waals surface area contributed by atoms with Crippen LogP contribution in [0.1, 0.15) is 22.4 Å². The Hall–Kier alpha value is -5.78. The van der Waals surface area contributed by atoms with E-state index in [1.165, 1.54) is 6.07 Å². The van der Waals surface area contributed by atoms with Gasteiger partial charge in [-0.1, -0.05) is 66.2 Å². The summed E-state index contributed by atoms with van der Waals surface area (Å²) in [6, 6.07) is 18.7. The van der Waals surface area contributed by atoms with Crippen molar-refractivity contribution in [2.75, 3.05) is 11.9 Å². The van der Waals surface area contributed by atoms with Crippen molar-refractivity contribution in [3.8, 4) is 5.75 Å². The number of nitrogens with one attached hydrogen (secondary N) is 3. The Kier molecular flexibility index (Phi) is 13.6. The average molecular weight is 727 g/mol. The van der Waals surface area contributed by atoms with Gasteiger partial charge < -0.3 is 30.9 Å². The Morgan fingerprint density at radius 2 is 1.48 bits per heavy atom. The molecule has 0 saturated heterocycles. The lowest BCUT2D eigenvalue weighted by Gasteiger charge is -2.18. The van der Waals surface area contributed by atoms with Gasteiger partial charge in [-0.05, 0) is 28.8 Å². The van der Waals surface area contributed by atoms with Gasteiger partial charge in [0.05, 0.1) is 12.7 Å². The fraction of sp³-hybridized carbons (Fsp3) is 0.226. The van der Waals surface area contributed by atoms with Crippen LogP contribution in [0, 0.1) is 0 Å². The first-order chi connectivity index (χ1) is 23.6. The first kappa shape index (κ1) is 38.7. The zero-order valence-corrected chi connectivity index (χ0v) is 26.3. The highest BCUT2D eigenvalue weighted by Crippen LogP contribution is 2.32. The molecule has 0 aliphatic heterocycles. The van der Waals surface area contributed by atoms with Crippen molar-refractivity contribution in [1.29, 1.82) is 0 Å². The second kappa shape index (κ2) is 17.6. The van der Waals surface area contributed by atoms with E-state index in [9.17, 15) is 41.4 Å². The number of ether oxygens (including phenoxy) is 1. The fourth-order valence-corrected chi connectivity index (χ4v) is 4.12. The molecular formula is C31H28ClF5N6O7. The average Bonchev–Trinajstić information content (AvgIpc) is 3.07. The van der Waals surface area contributed by atoms with E-state index in [-0.39, 0.29) is 24.8 Å². The van der Waals surface area contributed by atoms with Crippen molar-refractivity contribution in [2.24, 2.45) is 0 Å². The minimum Gasteiger partial charge on any atom is -0.506 e. The second-order valence-corrected chi connectivity index (χ2v) is 10.4. The number of alkyl carbamates (subject to hydrolysis) is 1. The number of alkyl halides is 5. The maximum absolute atomic E-state index is 14.6. The molecule has 50 heavy (non-hydrogen) atoms. The number of hydrogen-bond acceptors (Lipinski definition) is 9. The number of carboxylic acids is 1. The van der Waals surface area contributed by atoms with E-state index in [1.807, 2.05) is 30.3 Å². The van der Waals surface area contributed by atoms with Crippen molar-refractivity contribution in [1.82, 2.24) is 25.2 Å². The van der Waals surface area contributed by atoms with Crippen LogP contribution in [-0.4, -0.2) is 55.4 Å². The largest absolute Gasteiger partial charge is 0.506 e. The van der Waals surface area contributed by atoms with Gasteiger partial charge in [-0.2, -0.15) is 22.0 Å². The first-order valence-corrected chi connectivity index (χ1v) is 14.6. The van der Waals surface area contributed by atoms with Crippen LogP contribution in [0.5, 0.6) is 5.75 Å². The minimum absolute atomic E-state index is 0.0676. The number of rotatable bonds is 12. The summed E-state index contributed by atoms with van der Waals surface area (Å²) < 4.78 is 67.0. The Morgan fingerprint density at radius 1 is 0.880 bits per heavy atom. The van der Waals surface area contributed by atoms with E-state index in [0.717, 1.165) is 34.2 Å².